The Balaban J connectivity index is 1.48. The molecule has 2 aromatic heterocycles. The number of rotatable bonds is 11. The van der Waals surface area contributed by atoms with Gasteiger partial charge in [-0.15, -0.1) is 20.4 Å². The van der Waals surface area contributed by atoms with E-state index in [9.17, 15) is 9.59 Å². The van der Waals surface area contributed by atoms with Crippen LogP contribution in [0.3, 0.4) is 0 Å². The summed E-state index contributed by atoms with van der Waals surface area (Å²) in [6.45, 7) is 2.13. The van der Waals surface area contributed by atoms with Gasteiger partial charge in [0.25, 0.3) is 5.91 Å². The van der Waals surface area contributed by atoms with Gasteiger partial charge in [-0.1, -0.05) is 65.5 Å². The highest BCUT2D eigenvalue weighted by molar-refractivity contribution is 8.01. The Morgan fingerprint density at radius 2 is 1.92 bits per heavy atom. The highest BCUT2D eigenvalue weighted by atomic mass is 35.5. The predicted octanol–water partition coefficient (Wildman–Crippen LogP) is 4.55. The monoisotopic (exact) mass is 575 g/mol. The van der Waals surface area contributed by atoms with Gasteiger partial charge in [0, 0.05) is 10.6 Å². The molecule has 0 radical (unpaired) electrons. The molecule has 0 spiro atoms. The molecule has 0 fully saturated rings. The SMILES string of the molecule is CCSc1nnc(NC(=O)CSc2nnc(CNC(=O)c3cccc(OC)c3)n2-c2cccc(Cl)c2)s1. The highest BCUT2D eigenvalue weighted by Crippen LogP contribution is 2.27. The van der Waals surface area contributed by atoms with Crippen molar-refractivity contribution in [2.75, 3.05) is 23.9 Å². The third kappa shape index (κ3) is 7.22. The van der Waals surface area contributed by atoms with Gasteiger partial charge in [-0.05, 0) is 42.2 Å². The molecular weight excluding hydrogens is 554 g/mol. The predicted molar refractivity (Wildman–Crippen MR) is 146 cm³/mol. The number of ether oxygens (including phenoxy) is 1. The van der Waals surface area contributed by atoms with Crippen molar-refractivity contribution in [2.45, 2.75) is 23.0 Å². The van der Waals surface area contributed by atoms with Gasteiger partial charge >= 0.3 is 0 Å². The fourth-order valence-corrected chi connectivity index (χ4v) is 5.76. The summed E-state index contributed by atoms with van der Waals surface area (Å²) in [4.78, 5) is 25.3. The molecule has 2 aromatic carbocycles. The Bertz CT molecular complexity index is 1400. The minimum Gasteiger partial charge on any atom is -0.497 e. The third-order valence-corrected chi connectivity index (χ3v) is 7.78. The number of nitrogens with one attached hydrogen (secondary N) is 2. The molecule has 4 aromatic rings. The Hall–Kier alpha value is -3.13. The van der Waals surface area contributed by atoms with Gasteiger partial charge in [-0.2, -0.15) is 0 Å². The lowest BCUT2D eigenvalue weighted by atomic mass is 10.2. The first-order valence-corrected chi connectivity index (χ1v) is 14.1. The molecule has 0 atom stereocenters. The molecule has 0 aliphatic carbocycles. The van der Waals surface area contributed by atoms with Crippen LogP contribution in [0.1, 0.15) is 23.1 Å². The topological polar surface area (TPSA) is 124 Å². The second kappa shape index (κ2) is 12.9. The number of carbonyl (C=O) groups excluding carboxylic acids is 2. The number of amides is 2. The lowest BCUT2D eigenvalue weighted by molar-refractivity contribution is -0.113. The smallest absolute Gasteiger partial charge is 0.251 e. The molecule has 14 heteroatoms. The number of carbonyl (C=O) groups is 2. The summed E-state index contributed by atoms with van der Waals surface area (Å²) in [5.41, 5.74) is 1.16. The first-order valence-electron chi connectivity index (χ1n) is 11.0. The van der Waals surface area contributed by atoms with E-state index in [1.807, 2.05) is 13.0 Å². The molecular formula is C23H22ClN7O3S3. The quantitative estimate of drug-likeness (QED) is 0.196. The van der Waals surface area contributed by atoms with E-state index in [0.29, 0.717) is 38.1 Å². The van der Waals surface area contributed by atoms with E-state index in [1.54, 1.807) is 65.9 Å². The molecule has 192 valence electrons. The average Bonchev–Trinajstić information content (AvgIpc) is 3.52. The van der Waals surface area contributed by atoms with Crippen LogP contribution < -0.4 is 15.4 Å². The van der Waals surface area contributed by atoms with Crippen LogP contribution in [0.4, 0.5) is 5.13 Å². The van der Waals surface area contributed by atoms with Crippen molar-refractivity contribution in [3.05, 3.63) is 64.9 Å². The van der Waals surface area contributed by atoms with E-state index >= 15 is 0 Å². The fourth-order valence-electron chi connectivity index (χ4n) is 3.14. The van der Waals surface area contributed by atoms with Crippen LogP contribution in [0.25, 0.3) is 5.69 Å². The fraction of sp³-hybridized carbons (Fsp3) is 0.217. The molecule has 2 amide bonds. The highest BCUT2D eigenvalue weighted by Gasteiger charge is 2.18. The Morgan fingerprint density at radius 3 is 2.70 bits per heavy atom. The van der Waals surface area contributed by atoms with Gasteiger partial charge in [0.1, 0.15) is 5.75 Å². The van der Waals surface area contributed by atoms with Gasteiger partial charge in [-0.25, -0.2) is 0 Å². The van der Waals surface area contributed by atoms with E-state index in [2.05, 4.69) is 31.0 Å². The standard InChI is InChI=1S/C23H22ClN7O3S3/c1-3-35-23-30-28-21(37-23)26-19(32)13-36-22-29-27-18(31(22)16-8-5-7-15(24)11-16)12-25-20(33)14-6-4-9-17(10-14)34-2/h4-11H,3,12-13H2,1-2H3,(H,25,33)(H,26,28,32). The summed E-state index contributed by atoms with van der Waals surface area (Å²) in [6.07, 6.45) is 0. The number of benzene rings is 2. The van der Waals surface area contributed by atoms with Crippen LogP contribution in [0, 0.1) is 0 Å². The van der Waals surface area contributed by atoms with Crippen molar-refractivity contribution in [1.29, 1.82) is 0 Å². The van der Waals surface area contributed by atoms with Crippen molar-refractivity contribution in [2.24, 2.45) is 0 Å². The zero-order valence-electron chi connectivity index (χ0n) is 19.8. The summed E-state index contributed by atoms with van der Waals surface area (Å²) in [6, 6.07) is 14.0. The van der Waals surface area contributed by atoms with Crippen LogP contribution >= 0.6 is 46.5 Å². The maximum absolute atomic E-state index is 12.7. The minimum absolute atomic E-state index is 0.0741. The molecule has 4 rings (SSSR count). The molecule has 2 N–H and O–H groups in total. The summed E-state index contributed by atoms with van der Waals surface area (Å²) in [5.74, 6) is 1.48. The molecule has 0 saturated heterocycles. The van der Waals surface area contributed by atoms with E-state index in [4.69, 9.17) is 16.3 Å². The zero-order valence-corrected chi connectivity index (χ0v) is 23.0. The first kappa shape index (κ1) is 26.9. The van der Waals surface area contributed by atoms with Gasteiger partial charge in [-0.3, -0.25) is 19.5 Å². The molecule has 37 heavy (non-hydrogen) atoms. The number of nitrogens with zero attached hydrogens (tertiary/aromatic N) is 5. The minimum atomic E-state index is -0.286. The van der Waals surface area contributed by atoms with Gasteiger partial charge in [0.05, 0.1) is 25.1 Å². The van der Waals surface area contributed by atoms with E-state index < -0.39 is 0 Å². The summed E-state index contributed by atoms with van der Waals surface area (Å²) < 4.78 is 7.75. The second-order valence-electron chi connectivity index (χ2n) is 7.27. The van der Waals surface area contributed by atoms with Gasteiger partial charge in [0.15, 0.2) is 15.3 Å². The van der Waals surface area contributed by atoms with Crippen molar-refractivity contribution in [1.82, 2.24) is 30.3 Å². The number of hydrogen-bond donors (Lipinski definition) is 2. The number of hydrogen-bond acceptors (Lipinski definition) is 10. The lowest BCUT2D eigenvalue weighted by Crippen LogP contribution is -2.24. The number of methoxy groups -OCH3 is 1. The largest absolute Gasteiger partial charge is 0.497 e. The first-order chi connectivity index (χ1) is 18.0. The number of halogens is 1. The molecule has 0 aliphatic heterocycles. The molecule has 10 nitrogen and oxygen atoms in total. The van der Waals surface area contributed by atoms with Crippen molar-refractivity contribution >= 4 is 63.4 Å². The summed E-state index contributed by atoms with van der Waals surface area (Å²) in [7, 11) is 1.54. The van der Waals surface area contributed by atoms with Crippen molar-refractivity contribution in [3.8, 4) is 11.4 Å². The normalized spacial score (nSPS) is 10.8. The average molecular weight is 576 g/mol. The van der Waals surface area contributed by atoms with Crippen LogP contribution in [0.15, 0.2) is 58.0 Å². The number of anilines is 1. The Morgan fingerprint density at radius 1 is 1.08 bits per heavy atom. The van der Waals surface area contributed by atoms with Crippen LogP contribution in [0.5, 0.6) is 5.75 Å². The third-order valence-electron chi connectivity index (χ3n) is 4.76. The molecule has 0 bridgehead atoms. The molecule has 0 unspecified atom stereocenters. The van der Waals surface area contributed by atoms with Crippen LogP contribution in [-0.4, -0.2) is 55.4 Å². The van der Waals surface area contributed by atoms with Crippen molar-refractivity contribution < 1.29 is 14.3 Å². The van der Waals surface area contributed by atoms with Gasteiger partial charge < -0.3 is 10.1 Å². The summed E-state index contributed by atoms with van der Waals surface area (Å²) >= 11 is 10.3. The Kier molecular flexibility index (Phi) is 9.39. The van der Waals surface area contributed by atoms with Gasteiger partial charge in [0.2, 0.25) is 11.0 Å². The van der Waals surface area contributed by atoms with Crippen LogP contribution in [0.2, 0.25) is 5.02 Å². The Labute approximate surface area is 230 Å². The lowest BCUT2D eigenvalue weighted by Gasteiger charge is -2.11. The second-order valence-corrected chi connectivity index (χ2v) is 11.1. The van der Waals surface area contributed by atoms with E-state index in [1.165, 1.54) is 23.1 Å². The van der Waals surface area contributed by atoms with E-state index in [-0.39, 0.29) is 24.1 Å². The molecule has 0 saturated carbocycles. The van der Waals surface area contributed by atoms with Crippen LogP contribution in [-0.2, 0) is 11.3 Å². The summed E-state index contributed by atoms with van der Waals surface area (Å²) in [5, 5.41) is 23.6. The van der Waals surface area contributed by atoms with E-state index in [0.717, 1.165) is 10.1 Å². The number of aromatic nitrogens is 5. The zero-order chi connectivity index (χ0) is 26.2. The maximum atomic E-state index is 12.7. The molecule has 0 aliphatic rings. The molecule has 2 heterocycles. The number of thioether (sulfide) groups is 2. The van der Waals surface area contributed by atoms with Crippen molar-refractivity contribution in [3.63, 3.8) is 0 Å². The maximum Gasteiger partial charge on any atom is 0.251 e.